The smallest absolute Gasteiger partial charge is 0.328 e. The van der Waals surface area contributed by atoms with Gasteiger partial charge >= 0.3 is 5.97 Å². The Kier molecular flexibility index (Phi) is 5.04. The summed E-state index contributed by atoms with van der Waals surface area (Å²) in [5.74, 6) is 0.300. The van der Waals surface area contributed by atoms with Crippen LogP contribution in [0.1, 0.15) is 17.7 Å². The van der Waals surface area contributed by atoms with Gasteiger partial charge < -0.3 is 9.64 Å². The molecule has 0 radical (unpaired) electrons. The van der Waals surface area contributed by atoms with Gasteiger partial charge in [0.25, 0.3) is 0 Å². The van der Waals surface area contributed by atoms with Crippen LogP contribution in [0.4, 0.5) is 5.82 Å². The van der Waals surface area contributed by atoms with Crippen LogP contribution in [0.2, 0.25) is 0 Å². The van der Waals surface area contributed by atoms with Gasteiger partial charge in [-0.25, -0.2) is 17.9 Å². The van der Waals surface area contributed by atoms with E-state index in [1.165, 1.54) is 13.4 Å². The number of methoxy groups -OCH3 is 1. The van der Waals surface area contributed by atoms with Crippen LogP contribution in [-0.4, -0.2) is 55.4 Å². The van der Waals surface area contributed by atoms with Gasteiger partial charge in [0, 0.05) is 18.9 Å². The number of carbonyl (C=O) groups is 1. The molecular weight excluding hydrogens is 354 g/mol. The van der Waals surface area contributed by atoms with Crippen molar-refractivity contribution in [2.75, 3.05) is 24.8 Å². The first kappa shape index (κ1) is 18.4. The van der Waals surface area contributed by atoms with E-state index in [0.29, 0.717) is 6.54 Å². The van der Waals surface area contributed by atoms with Crippen LogP contribution in [-0.2, 0) is 25.9 Å². The minimum absolute atomic E-state index is 0.223. The quantitative estimate of drug-likeness (QED) is 0.733. The average molecular weight is 377 g/mol. The lowest BCUT2D eigenvalue weighted by Crippen LogP contribution is -2.38. The molecule has 140 valence electrons. The summed E-state index contributed by atoms with van der Waals surface area (Å²) in [5, 5.41) is 3.93. The largest absolute Gasteiger partial charge is 0.467 e. The van der Waals surface area contributed by atoms with Crippen LogP contribution in [0.5, 0.6) is 0 Å². The number of anilines is 1. The van der Waals surface area contributed by atoms with E-state index in [1.807, 2.05) is 48.0 Å². The van der Waals surface area contributed by atoms with Crippen LogP contribution in [0.25, 0.3) is 0 Å². The third-order valence-corrected chi connectivity index (χ3v) is 6.24. The Morgan fingerprint density at radius 3 is 2.62 bits per heavy atom. The molecule has 1 aromatic carbocycles. The molecule has 7 nitrogen and oxygen atoms in total. The number of nitrogens with zero attached hydrogens (tertiary/aromatic N) is 3. The molecule has 1 aromatic heterocycles. The molecule has 0 bridgehead atoms. The Bertz CT molecular complexity index is 892. The van der Waals surface area contributed by atoms with E-state index in [1.54, 1.807) is 4.90 Å². The Hall–Kier alpha value is -2.35. The van der Waals surface area contributed by atoms with Crippen LogP contribution < -0.4 is 4.90 Å². The van der Waals surface area contributed by atoms with E-state index < -0.39 is 27.1 Å². The molecule has 3 rings (SSSR count). The SMILES string of the molecule is COC(=O)[C@@H]1C[C@@H](S(C)(=O)=O)CN1c1cc(C)nn1Cc1ccccc1. The van der Waals surface area contributed by atoms with Crippen molar-refractivity contribution >= 4 is 21.6 Å². The maximum atomic E-state index is 12.3. The van der Waals surface area contributed by atoms with E-state index in [2.05, 4.69) is 5.10 Å². The van der Waals surface area contributed by atoms with Crippen LogP contribution >= 0.6 is 0 Å². The number of rotatable bonds is 5. The summed E-state index contributed by atoms with van der Waals surface area (Å²) < 4.78 is 30.8. The summed E-state index contributed by atoms with van der Waals surface area (Å²) in [6.45, 7) is 2.67. The molecule has 1 fully saturated rings. The van der Waals surface area contributed by atoms with E-state index in [0.717, 1.165) is 17.1 Å². The lowest BCUT2D eigenvalue weighted by molar-refractivity contribution is -0.141. The second kappa shape index (κ2) is 7.11. The van der Waals surface area contributed by atoms with Gasteiger partial charge in [0.1, 0.15) is 11.9 Å². The highest BCUT2D eigenvalue weighted by atomic mass is 32.2. The van der Waals surface area contributed by atoms with Crippen LogP contribution in [0.3, 0.4) is 0 Å². The summed E-state index contributed by atoms with van der Waals surface area (Å²) in [7, 11) is -1.94. The van der Waals surface area contributed by atoms with Gasteiger partial charge in [-0.15, -0.1) is 0 Å². The molecular formula is C18H23N3O4S. The Balaban J connectivity index is 1.96. The van der Waals surface area contributed by atoms with Crippen molar-refractivity contribution in [3.63, 3.8) is 0 Å². The number of aromatic nitrogens is 2. The first-order chi connectivity index (χ1) is 12.3. The predicted molar refractivity (Wildman–Crippen MR) is 98.9 cm³/mol. The summed E-state index contributed by atoms with van der Waals surface area (Å²) in [6, 6.07) is 11.1. The summed E-state index contributed by atoms with van der Waals surface area (Å²) in [4.78, 5) is 14.1. The van der Waals surface area contributed by atoms with Crippen molar-refractivity contribution in [2.45, 2.75) is 31.2 Å². The fourth-order valence-electron chi connectivity index (χ4n) is 3.36. The molecule has 2 aromatic rings. The lowest BCUT2D eigenvalue weighted by atomic mass is 10.2. The van der Waals surface area contributed by atoms with Gasteiger partial charge in [0.05, 0.1) is 24.6 Å². The van der Waals surface area contributed by atoms with Gasteiger partial charge in [-0.3, -0.25) is 0 Å². The topological polar surface area (TPSA) is 81.5 Å². The van der Waals surface area contributed by atoms with Crippen molar-refractivity contribution in [1.82, 2.24) is 9.78 Å². The second-order valence-corrected chi connectivity index (χ2v) is 8.99. The summed E-state index contributed by atoms with van der Waals surface area (Å²) in [6.07, 6.45) is 1.43. The van der Waals surface area contributed by atoms with Gasteiger partial charge in [-0.1, -0.05) is 30.3 Å². The number of sulfone groups is 1. The van der Waals surface area contributed by atoms with E-state index >= 15 is 0 Å². The van der Waals surface area contributed by atoms with Crippen molar-refractivity contribution in [1.29, 1.82) is 0 Å². The molecule has 0 N–H and O–H groups in total. The number of benzene rings is 1. The minimum atomic E-state index is -3.26. The zero-order valence-electron chi connectivity index (χ0n) is 15.1. The molecule has 2 atom stereocenters. The summed E-state index contributed by atoms with van der Waals surface area (Å²) >= 11 is 0. The fraction of sp³-hybridized carbons (Fsp3) is 0.444. The number of aryl methyl sites for hydroxylation is 1. The third kappa shape index (κ3) is 3.75. The Morgan fingerprint density at radius 1 is 1.31 bits per heavy atom. The van der Waals surface area contributed by atoms with Crippen molar-refractivity contribution in [3.05, 3.63) is 47.7 Å². The molecule has 26 heavy (non-hydrogen) atoms. The number of ether oxygens (including phenoxy) is 1. The van der Waals surface area contributed by atoms with Crippen molar-refractivity contribution in [2.24, 2.45) is 0 Å². The molecule has 0 saturated carbocycles. The van der Waals surface area contributed by atoms with Gasteiger partial charge in [-0.2, -0.15) is 5.10 Å². The van der Waals surface area contributed by atoms with Gasteiger partial charge in [0.2, 0.25) is 0 Å². The minimum Gasteiger partial charge on any atom is -0.467 e. The van der Waals surface area contributed by atoms with Crippen molar-refractivity contribution in [3.8, 4) is 0 Å². The predicted octanol–water partition coefficient (Wildman–Crippen LogP) is 1.40. The molecule has 0 amide bonds. The van der Waals surface area contributed by atoms with E-state index in [-0.39, 0.29) is 13.0 Å². The number of carbonyl (C=O) groups excluding carboxylic acids is 1. The maximum absolute atomic E-state index is 12.3. The van der Waals surface area contributed by atoms with E-state index in [9.17, 15) is 13.2 Å². The molecule has 0 unspecified atom stereocenters. The Labute approximate surface area is 153 Å². The molecule has 1 aliphatic rings. The first-order valence-electron chi connectivity index (χ1n) is 8.41. The second-order valence-electron chi connectivity index (χ2n) is 6.67. The molecule has 1 saturated heterocycles. The molecule has 8 heteroatoms. The van der Waals surface area contributed by atoms with E-state index in [4.69, 9.17) is 4.74 Å². The highest BCUT2D eigenvalue weighted by Gasteiger charge is 2.43. The molecule has 0 spiro atoms. The average Bonchev–Trinajstić information content (AvgIpc) is 3.18. The zero-order chi connectivity index (χ0) is 18.9. The molecule has 1 aliphatic heterocycles. The standard InChI is InChI=1S/C18H23N3O4S/c1-13-9-17(21(19-13)11-14-7-5-4-6-8-14)20-12-15(26(3,23)24)10-16(20)18(22)25-2/h4-9,15-16H,10-12H2,1-3H3/t15-,16+/m1/s1. The highest BCUT2D eigenvalue weighted by Crippen LogP contribution is 2.30. The van der Waals surface area contributed by atoms with Gasteiger partial charge in [-0.05, 0) is 18.9 Å². The van der Waals surface area contributed by atoms with Gasteiger partial charge in [0.15, 0.2) is 9.84 Å². The first-order valence-corrected chi connectivity index (χ1v) is 10.4. The van der Waals surface area contributed by atoms with Crippen LogP contribution in [0, 0.1) is 6.92 Å². The fourth-order valence-corrected chi connectivity index (χ4v) is 4.32. The monoisotopic (exact) mass is 377 g/mol. The molecule has 2 heterocycles. The summed E-state index contributed by atoms with van der Waals surface area (Å²) in [5.41, 5.74) is 1.88. The number of esters is 1. The Morgan fingerprint density at radius 2 is 2.00 bits per heavy atom. The third-order valence-electron chi connectivity index (χ3n) is 4.69. The lowest BCUT2D eigenvalue weighted by Gasteiger charge is -2.25. The number of hydrogen-bond donors (Lipinski definition) is 0. The normalized spacial score (nSPS) is 20.3. The van der Waals surface area contributed by atoms with Crippen molar-refractivity contribution < 1.29 is 17.9 Å². The maximum Gasteiger partial charge on any atom is 0.328 e. The van der Waals surface area contributed by atoms with Crippen LogP contribution in [0.15, 0.2) is 36.4 Å². The highest BCUT2D eigenvalue weighted by molar-refractivity contribution is 7.91. The number of hydrogen-bond acceptors (Lipinski definition) is 6. The molecule has 0 aliphatic carbocycles. The zero-order valence-corrected chi connectivity index (χ0v) is 15.9.